The van der Waals surface area contributed by atoms with Gasteiger partial charge in [-0.1, -0.05) is 0 Å². The first kappa shape index (κ1) is 8.85. The lowest BCUT2D eigenvalue weighted by molar-refractivity contribution is 0.448. The standard InChI is InChI=1S/C11H11FN2O/c12-7-3-4-9-8(5-7)14-11(15-9)10(13)6-1-2-6/h3-6,10H,1-2,13H2. The molecule has 1 aliphatic carbocycles. The monoisotopic (exact) mass is 206 g/mol. The lowest BCUT2D eigenvalue weighted by Gasteiger charge is -2.02. The van der Waals surface area contributed by atoms with Crippen molar-refractivity contribution in [2.24, 2.45) is 11.7 Å². The van der Waals surface area contributed by atoms with Crippen molar-refractivity contribution >= 4 is 11.1 Å². The van der Waals surface area contributed by atoms with Crippen molar-refractivity contribution in [3.63, 3.8) is 0 Å². The smallest absolute Gasteiger partial charge is 0.212 e. The molecule has 1 saturated carbocycles. The van der Waals surface area contributed by atoms with Crippen molar-refractivity contribution in [3.05, 3.63) is 29.9 Å². The number of hydrogen-bond donors (Lipinski definition) is 1. The van der Waals surface area contributed by atoms with E-state index in [0.717, 1.165) is 12.8 Å². The summed E-state index contributed by atoms with van der Waals surface area (Å²) in [5, 5.41) is 0. The molecule has 4 heteroatoms. The summed E-state index contributed by atoms with van der Waals surface area (Å²) in [5.74, 6) is 0.711. The number of hydrogen-bond acceptors (Lipinski definition) is 3. The Morgan fingerprint density at radius 1 is 1.47 bits per heavy atom. The number of benzene rings is 1. The van der Waals surface area contributed by atoms with Crippen LogP contribution < -0.4 is 5.73 Å². The Labute approximate surface area is 86.1 Å². The zero-order valence-electron chi connectivity index (χ0n) is 8.11. The third kappa shape index (κ3) is 1.51. The molecule has 0 bridgehead atoms. The number of fused-ring (bicyclic) bond motifs is 1. The molecule has 2 N–H and O–H groups in total. The highest BCUT2D eigenvalue weighted by molar-refractivity contribution is 5.72. The summed E-state index contributed by atoms with van der Waals surface area (Å²) in [7, 11) is 0. The molecule has 0 aliphatic heterocycles. The minimum atomic E-state index is -0.303. The topological polar surface area (TPSA) is 52.0 Å². The van der Waals surface area contributed by atoms with Crippen molar-refractivity contribution < 1.29 is 8.81 Å². The van der Waals surface area contributed by atoms with Crippen LogP contribution in [-0.2, 0) is 0 Å². The quantitative estimate of drug-likeness (QED) is 0.820. The van der Waals surface area contributed by atoms with Crippen LogP contribution in [0, 0.1) is 11.7 Å². The molecule has 0 spiro atoms. The fraction of sp³-hybridized carbons (Fsp3) is 0.364. The minimum absolute atomic E-state index is 0.138. The number of nitrogens with two attached hydrogens (primary N) is 1. The van der Waals surface area contributed by atoms with Crippen LogP contribution in [0.4, 0.5) is 4.39 Å². The molecule has 0 saturated heterocycles. The minimum Gasteiger partial charge on any atom is -0.439 e. The fourth-order valence-electron chi connectivity index (χ4n) is 1.72. The second-order valence-electron chi connectivity index (χ2n) is 4.03. The van der Waals surface area contributed by atoms with Gasteiger partial charge in [-0.2, -0.15) is 0 Å². The van der Waals surface area contributed by atoms with Gasteiger partial charge in [0.15, 0.2) is 5.58 Å². The molecule has 3 nitrogen and oxygen atoms in total. The Morgan fingerprint density at radius 3 is 3.00 bits per heavy atom. The van der Waals surface area contributed by atoms with Gasteiger partial charge in [0.1, 0.15) is 11.3 Å². The molecule has 0 amide bonds. The summed E-state index contributed by atoms with van der Waals surface area (Å²) in [6, 6.07) is 4.17. The fourth-order valence-corrected chi connectivity index (χ4v) is 1.72. The average molecular weight is 206 g/mol. The second kappa shape index (κ2) is 3.03. The van der Waals surface area contributed by atoms with Crippen LogP contribution in [0.1, 0.15) is 24.8 Å². The lowest BCUT2D eigenvalue weighted by Crippen LogP contribution is -2.12. The molecule has 1 unspecified atom stereocenters. The van der Waals surface area contributed by atoms with E-state index in [-0.39, 0.29) is 11.9 Å². The van der Waals surface area contributed by atoms with E-state index in [9.17, 15) is 4.39 Å². The third-order valence-electron chi connectivity index (χ3n) is 2.78. The number of aromatic nitrogens is 1. The van der Waals surface area contributed by atoms with E-state index in [1.54, 1.807) is 6.07 Å². The van der Waals surface area contributed by atoms with Gasteiger partial charge in [0.25, 0.3) is 0 Å². The zero-order valence-corrected chi connectivity index (χ0v) is 8.11. The van der Waals surface area contributed by atoms with E-state index in [0.29, 0.717) is 22.9 Å². The molecule has 15 heavy (non-hydrogen) atoms. The van der Waals surface area contributed by atoms with Gasteiger partial charge in [-0.15, -0.1) is 0 Å². The molecule has 78 valence electrons. The SMILES string of the molecule is NC(c1nc2cc(F)ccc2o1)C1CC1. The summed E-state index contributed by atoms with van der Waals surface area (Å²) in [4.78, 5) is 4.20. The van der Waals surface area contributed by atoms with Gasteiger partial charge in [-0.3, -0.25) is 0 Å². The summed E-state index contributed by atoms with van der Waals surface area (Å²) in [5.41, 5.74) is 7.09. The Morgan fingerprint density at radius 2 is 2.27 bits per heavy atom. The van der Waals surface area contributed by atoms with E-state index in [1.807, 2.05) is 0 Å². The molecular weight excluding hydrogens is 195 g/mol. The van der Waals surface area contributed by atoms with Crippen LogP contribution in [0.15, 0.2) is 22.6 Å². The van der Waals surface area contributed by atoms with E-state index in [1.165, 1.54) is 12.1 Å². The third-order valence-corrected chi connectivity index (χ3v) is 2.78. The van der Waals surface area contributed by atoms with Gasteiger partial charge in [-0.05, 0) is 30.9 Å². The predicted molar refractivity (Wildman–Crippen MR) is 53.6 cm³/mol. The second-order valence-corrected chi connectivity index (χ2v) is 4.03. The van der Waals surface area contributed by atoms with E-state index >= 15 is 0 Å². The normalized spacial score (nSPS) is 18.3. The van der Waals surface area contributed by atoms with Crippen molar-refractivity contribution in [1.82, 2.24) is 4.98 Å². The van der Waals surface area contributed by atoms with Gasteiger partial charge in [0, 0.05) is 6.07 Å². The van der Waals surface area contributed by atoms with Crippen LogP contribution in [0.3, 0.4) is 0 Å². The summed E-state index contributed by atoms with van der Waals surface area (Å²) < 4.78 is 18.4. The van der Waals surface area contributed by atoms with Crippen LogP contribution >= 0.6 is 0 Å². The highest BCUT2D eigenvalue weighted by Crippen LogP contribution is 2.39. The Bertz CT molecular complexity index is 504. The van der Waals surface area contributed by atoms with Crippen molar-refractivity contribution in [2.75, 3.05) is 0 Å². The predicted octanol–water partition coefficient (Wildman–Crippen LogP) is 2.38. The molecule has 1 heterocycles. The lowest BCUT2D eigenvalue weighted by atomic mass is 10.2. The molecule has 1 fully saturated rings. The molecule has 3 rings (SSSR count). The molecule has 1 aliphatic rings. The average Bonchev–Trinajstić information content (AvgIpc) is 2.97. The van der Waals surface area contributed by atoms with Crippen molar-refractivity contribution in [2.45, 2.75) is 18.9 Å². The van der Waals surface area contributed by atoms with Crippen LogP contribution in [0.25, 0.3) is 11.1 Å². The van der Waals surface area contributed by atoms with Gasteiger partial charge in [0.05, 0.1) is 6.04 Å². The molecule has 1 aromatic heterocycles. The summed E-state index contributed by atoms with van der Waals surface area (Å²) in [6.45, 7) is 0. The van der Waals surface area contributed by atoms with Gasteiger partial charge < -0.3 is 10.2 Å². The summed E-state index contributed by atoms with van der Waals surface area (Å²) >= 11 is 0. The first-order valence-electron chi connectivity index (χ1n) is 5.05. The largest absolute Gasteiger partial charge is 0.439 e. The first-order chi connectivity index (χ1) is 7.24. The first-order valence-corrected chi connectivity index (χ1v) is 5.05. The van der Waals surface area contributed by atoms with E-state index < -0.39 is 0 Å². The molecular formula is C11H11FN2O. The highest BCUT2D eigenvalue weighted by Gasteiger charge is 2.32. The van der Waals surface area contributed by atoms with Gasteiger partial charge >= 0.3 is 0 Å². The number of rotatable bonds is 2. The number of nitrogens with zero attached hydrogens (tertiary/aromatic N) is 1. The van der Waals surface area contributed by atoms with Gasteiger partial charge in [0.2, 0.25) is 5.89 Å². The molecule has 1 aromatic carbocycles. The molecule has 0 radical (unpaired) electrons. The molecule has 2 aromatic rings. The van der Waals surface area contributed by atoms with Crippen LogP contribution in [0.2, 0.25) is 0 Å². The van der Waals surface area contributed by atoms with Crippen LogP contribution in [-0.4, -0.2) is 4.98 Å². The summed E-state index contributed by atoms with van der Waals surface area (Å²) in [6.07, 6.45) is 2.27. The van der Waals surface area contributed by atoms with Gasteiger partial charge in [-0.25, -0.2) is 9.37 Å². The van der Waals surface area contributed by atoms with E-state index in [2.05, 4.69) is 4.98 Å². The Kier molecular flexibility index (Phi) is 1.79. The Hall–Kier alpha value is -1.42. The van der Waals surface area contributed by atoms with Crippen molar-refractivity contribution in [3.8, 4) is 0 Å². The van der Waals surface area contributed by atoms with Crippen LogP contribution in [0.5, 0.6) is 0 Å². The number of halogens is 1. The molecule has 1 atom stereocenters. The van der Waals surface area contributed by atoms with E-state index in [4.69, 9.17) is 10.2 Å². The zero-order chi connectivity index (χ0) is 10.4. The maximum Gasteiger partial charge on any atom is 0.212 e. The Balaban J connectivity index is 2.05. The van der Waals surface area contributed by atoms with Crippen molar-refractivity contribution in [1.29, 1.82) is 0 Å². The highest BCUT2D eigenvalue weighted by atomic mass is 19.1. The maximum atomic E-state index is 12.9. The maximum absolute atomic E-state index is 12.9. The number of oxazole rings is 1.